The van der Waals surface area contributed by atoms with Crippen molar-refractivity contribution in [2.45, 2.75) is 20.0 Å². The third-order valence-electron chi connectivity index (χ3n) is 2.33. The SMILES string of the molecule is CNCc1cnn(CCN(C)C)c1C. The van der Waals surface area contributed by atoms with Crippen molar-refractivity contribution in [3.63, 3.8) is 0 Å². The predicted molar refractivity (Wildman–Crippen MR) is 58.3 cm³/mol. The van der Waals surface area contributed by atoms with Crippen molar-refractivity contribution in [3.8, 4) is 0 Å². The van der Waals surface area contributed by atoms with Crippen molar-refractivity contribution in [2.75, 3.05) is 27.7 Å². The molecule has 0 fully saturated rings. The molecule has 14 heavy (non-hydrogen) atoms. The molecule has 0 saturated carbocycles. The fraction of sp³-hybridized carbons (Fsp3) is 0.700. The van der Waals surface area contributed by atoms with E-state index in [0.717, 1.165) is 19.6 Å². The van der Waals surface area contributed by atoms with E-state index in [1.807, 2.05) is 13.2 Å². The van der Waals surface area contributed by atoms with Crippen LogP contribution in [0.1, 0.15) is 11.3 Å². The number of nitrogens with one attached hydrogen (secondary N) is 1. The van der Waals surface area contributed by atoms with Gasteiger partial charge in [0, 0.05) is 24.3 Å². The lowest BCUT2D eigenvalue weighted by atomic mass is 10.2. The first-order chi connectivity index (χ1) is 6.65. The van der Waals surface area contributed by atoms with Gasteiger partial charge in [-0.15, -0.1) is 0 Å². The third-order valence-corrected chi connectivity index (χ3v) is 2.33. The summed E-state index contributed by atoms with van der Waals surface area (Å²) in [7, 11) is 6.11. The maximum Gasteiger partial charge on any atom is 0.0539 e. The maximum atomic E-state index is 4.36. The number of hydrogen-bond acceptors (Lipinski definition) is 3. The zero-order valence-electron chi connectivity index (χ0n) is 9.54. The third kappa shape index (κ3) is 2.82. The lowest BCUT2D eigenvalue weighted by Gasteiger charge is -2.10. The Bertz CT molecular complexity index is 278. The minimum Gasteiger partial charge on any atom is -0.316 e. The van der Waals surface area contributed by atoms with Crippen LogP contribution in [0.5, 0.6) is 0 Å². The average molecular weight is 196 g/mol. The first kappa shape index (κ1) is 11.2. The summed E-state index contributed by atoms with van der Waals surface area (Å²) in [6, 6.07) is 0. The Morgan fingerprint density at radius 1 is 1.50 bits per heavy atom. The topological polar surface area (TPSA) is 33.1 Å². The zero-order chi connectivity index (χ0) is 10.6. The molecule has 0 bridgehead atoms. The Balaban J connectivity index is 2.60. The van der Waals surface area contributed by atoms with Gasteiger partial charge in [0.25, 0.3) is 0 Å². The van der Waals surface area contributed by atoms with E-state index >= 15 is 0 Å². The van der Waals surface area contributed by atoms with E-state index in [0.29, 0.717) is 0 Å². The second-order valence-electron chi connectivity index (χ2n) is 3.81. The largest absolute Gasteiger partial charge is 0.316 e. The molecule has 0 spiro atoms. The van der Waals surface area contributed by atoms with Gasteiger partial charge in [0.15, 0.2) is 0 Å². The van der Waals surface area contributed by atoms with Gasteiger partial charge >= 0.3 is 0 Å². The normalized spacial score (nSPS) is 11.2. The van der Waals surface area contributed by atoms with Gasteiger partial charge in [-0.3, -0.25) is 4.68 Å². The fourth-order valence-corrected chi connectivity index (χ4v) is 1.37. The highest BCUT2D eigenvalue weighted by Crippen LogP contribution is 2.06. The zero-order valence-corrected chi connectivity index (χ0v) is 9.54. The molecule has 4 heteroatoms. The van der Waals surface area contributed by atoms with E-state index in [2.05, 4.69) is 41.0 Å². The summed E-state index contributed by atoms with van der Waals surface area (Å²) >= 11 is 0. The van der Waals surface area contributed by atoms with Crippen molar-refractivity contribution in [1.82, 2.24) is 20.0 Å². The van der Waals surface area contributed by atoms with E-state index in [9.17, 15) is 0 Å². The quantitative estimate of drug-likeness (QED) is 0.743. The minimum atomic E-state index is 0.897. The van der Waals surface area contributed by atoms with Crippen molar-refractivity contribution >= 4 is 0 Å². The highest BCUT2D eigenvalue weighted by atomic mass is 15.3. The van der Waals surface area contributed by atoms with Crippen LogP contribution in [0, 0.1) is 6.92 Å². The summed E-state index contributed by atoms with van der Waals surface area (Å²) < 4.78 is 2.06. The van der Waals surface area contributed by atoms with Crippen LogP contribution in [0.3, 0.4) is 0 Å². The average Bonchev–Trinajstić information content (AvgIpc) is 2.46. The molecule has 0 aliphatic carbocycles. The van der Waals surface area contributed by atoms with Crippen LogP contribution in [0.2, 0.25) is 0 Å². The summed E-state index contributed by atoms with van der Waals surface area (Å²) in [5, 5.41) is 7.50. The van der Waals surface area contributed by atoms with Crippen LogP contribution in [-0.4, -0.2) is 42.4 Å². The molecule has 1 aromatic heterocycles. The van der Waals surface area contributed by atoms with Crippen molar-refractivity contribution < 1.29 is 0 Å². The van der Waals surface area contributed by atoms with Gasteiger partial charge in [-0.2, -0.15) is 5.10 Å². The Labute approximate surface area is 85.9 Å². The Morgan fingerprint density at radius 3 is 2.79 bits per heavy atom. The fourth-order valence-electron chi connectivity index (χ4n) is 1.37. The summed E-state index contributed by atoms with van der Waals surface area (Å²) in [6.45, 7) is 5.01. The van der Waals surface area contributed by atoms with Crippen LogP contribution in [-0.2, 0) is 13.1 Å². The molecule has 0 atom stereocenters. The highest BCUT2D eigenvalue weighted by molar-refractivity contribution is 5.15. The van der Waals surface area contributed by atoms with E-state index in [4.69, 9.17) is 0 Å². The first-order valence-electron chi connectivity index (χ1n) is 4.95. The summed E-state index contributed by atoms with van der Waals surface area (Å²) in [5.74, 6) is 0. The highest BCUT2D eigenvalue weighted by Gasteiger charge is 2.04. The minimum absolute atomic E-state index is 0.897. The van der Waals surface area contributed by atoms with Crippen molar-refractivity contribution in [1.29, 1.82) is 0 Å². The molecule has 0 radical (unpaired) electrons. The molecule has 0 amide bonds. The molecule has 1 N–H and O–H groups in total. The van der Waals surface area contributed by atoms with E-state index in [1.54, 1.807) is 0 Å². The number of rotatable bonds is 5. The molecule has 0 saturated heterocycles. The monoisotopic (exact) mass is 196 g/mol. The Morgan fingerprint density at radius 2 is 2.21 bits per heavy atom. The van der Waals surface area contributed by atoms with Crippen LogP contribution >= 0.6 is 0 Å². The lowest BCUT2D eigenvalue weighted by molar-refractivity contribution is 0.370. The summed E-state index contributed by atoms with van der Waals surface area (Å²) in [4.78, 5) is 2.17. The smallest absolute Gasteiger partial charge is 0.0539 e. The number of hydrogen-bond donors (Lipinski definition) is 1. The molecule has 0 unspecified atom stereocenters. The molecule has 0 aliphatic heterocycles. The van der Waals surface area contributed by atoms with Gasteiger partial charge in [-0.05, 0) is 28.1 Å². The maximum absolute atomic E-state index is 4.36. The summed E-state index contributed by atoms with van der Waals surface area (Å²) in [6.07, 6.45) is 1.95. The first-order valence-corrected chi connectivity index (χ1v) is 4.95. The van der Waals surface area contributed by atoms with Crippen molar-refractivity contribution in [3.05, 3.63) is 17.5 Å². The number of aromatic nitrogens is 2. The van der Waals surface area contributed by atoms with E-state index < -0.39 is 0 Å². The van der Waals surface area contributed by atoms with Gasteiger partial charge in [-0.25, -0.2) is 0 Å². The Kier molecular flexibility index (Phi) is 4.10. The Hall–Kier alpha value is -0.870. The van der Waals surface area contributed by atoms with Gasteiger partial charge in [-0.1, -0.05) is 0 Å². The number of nitrogens with zero attached hydrogens (tertiary/aromatic N) is 3. The molecule has 0 aromatic carbocycles. The van der Waals surface area contributed by atoms with Gasteiger partial charge in [0.05, 0.1) is 12.7 Å². The van der Waals surface area contributed by atoms with Crippen LogP contribution in [0.4, 0.5) is 0 Å². The van der Waals surface area contributed by atoms with Gasteiger partial charge < -0.3 is 10.2 Å². The molecule has 1 aromatic rings. The summed E-state index contributed by atoms with van der Waals surface area (Å²) in [5.41, 5.74) is 2.55. The van der Waals surface area contributed by atoms with E-state index in [1.165, 1.54) is 11.3 Å². The molecule has 4 nitrogen and oxygen atoms in total. The molecule has 1 rings (SSSR count). The molecular formula is C10H20N4. The van der Waals surface area contributed by atoms with Crippen LogP contribution < -0.4 is 5.32 Å². The second kappa shape index (κ2) is 5.12. The van der Waals surface area contributed by atoms with Gasteiger partial charge in [0.1, 0.15) is 0 Å². The van der Waals surface area contributed by atoms with Crippen LogP contribution in [0.15, 0.2) is 6.20 Å². The second-order valence-corrected chi connectivity index (χ2v) is 3.81. The van der Waals surface area contributed by atoms with Gasteiger partial charge in [0.2, 0.25) is 0 Å². The van der Waals surface area contributed by atoms with Crippen molar-refractivity contribution in [2.24, 2.45) is 0 Å². The standard InChI is InChI=1S/C10H20N4/c1-9-10(7-11-2)8-12-14(9)6-5-13(3)4/h8,11H,5-7H2,1-4H3. The lowest BCUT2D eigenvalue weighted by Crippen LogP contribution is -2.19. The number of likely N-dealkylation sites (N-methyl/N-ethyl adjacent to an activating group) is 1. The molecule has 1 heterocycles. The van der Waals surface area contributed by atoms with Crippen LogP contribution in [0.25, 0.3) is 0 Å². The van der Waals surface area contributed by atoms with E-state index in [-0.39, 0.29) is 0 Å². The molecule has 80 valence electrons. The molecule has 0 aliphatic rings. The predicted octanol–water partition coefficient (Wildman–Crippen LogP) is 0.473. The molecular weight excluding hydrogens is 176 g/mol.